The molecule has 1 saturated heterocycles. The maximum Gasteiger partial charge on any atom is 0.117 e. The van der Waals surface area contributed by atoms with Crippen molar-refractivity contribution in [2.45, 2.75) is 116 Å². The van der Waals surface area contributed by atoms with E-state index < -0.39 is 0 Å². The number of thiophene rings is 1. The molecule has 43 heavy (non-hydrogen) atoms. The zero-order chi connectivity index (χ0) is 30.3. The van der Waals surface area contributed by atoms with Crippen molar-refractivity contribution in [3.63, 3.8) is 0 Å². The average Bonchev–Trinajstić information content (AvgIpc) is 3.43. The molecule has 1 fully saturated rings. The van der Waals surface area contributed by atoms with E-state index >= 15 is 0 Å². The molecule has 1 aliphatic rings. The van der Waals surface area contributed by atoms with Crippen LogP contribution in [0.25, 0.3) is 10.1 Å². The van der Waals surface area contributed by atoms with Crippen LogP contribution in [0.1, 0.15) is 101 Å². The molecule has 5 nitrogen and oxygen atoms in total. The first kappa shape index (κ1) is 34.1. The highest BCUT2D eigenvalue weighted by atomic mass is 32.1. The number of unbranched alkanes of at least 4 members (excludes halogenated alkanes) is 4. The summed E-state index contributed by atoms with van der Waals surface area (Å²) in [5.74, 6) is 0. The van der Waals surface area contributed by atoms with E-state index in [-0.39, 0.29) is 30.5 Å². The van der Waals surface area contributed by atoms with Gasteiger partial charge in [0.25, 0.3) is 0 Å². The van der Waals surface area contributed by atoms with Gasteiger partial charge < -0.3 is 23.7 Å². The quantitative estimate of drug-likeness (QED) is 0.119. The molecule has 0 N–H and O–H groups in total. The zero-order valence-corrected chi connectivity index (χ0v) is 27.7. The average molecular weight is 611 g/mol. The standard InChI is InChI=1S/C37H54O5S/c1-5-9-20-38-27-32-35(39-21-10-6-2)37(41-23-12-8-4)36(40-22-11-7-3)34(42-32)30-18-15-16-28(24-30)25-31-26-29-17-13-14-19-33(29)43-31/h13-19,24,26,32,34-37H,5-12,20-23,25,27H2,1-4H3/t32-,34+,35-,36+,37+/m1/s1. The van der Waals surface area contributed by atoms with Gasteiger partial charge in [0.05, 0.1) is 6.61 Å². The van der Waals surface area contributed by atoms with Crippen LogP contribution in [0.2, 0.25) is 0 Å². The Morgan fingerprint density at radius 3 is 2.02 bits per heavy atom. The Morgan fingerprint density at radius 2 is 1.33 bits per heavy atom. The summed E-state index contributed by atoms with van der Waals surface area (Å²) >= 11 is 1.87. The second-order valence-corrected chi connectivity index (χ2v) is 12.9. The predicted molar refractivity (Wildman–Crippen MR) is 178 cm³/mol. The fraction of sp³-hybridized carbons (Fsp3) is 0.622. The minimum absolute atomic E-state index is 0.231. The van der Waals surface area contributed by atoms with Gasteiger partial charge in [-0.3, -0.25) is 0 Å². The van der Waals surface area contributed by atoms with Crippen molar-refractivity contribution in [1.82, 2.24) is 0 Å². The summed E-state index contributed by atoms with van der Waals surface area (Å²) < 4.78 is 34.5. The van der Waals surface area contributed by atoms with Crippen LogP contribution in [-0.4, -0.2) is 57.5 Å². The first-order valence-electron chi connectivity index (χ1n) is 16.8. The van der Waals surface area contributed by atoms with E-state index in [9.17, 15) is 0 Å². The maximum absolute atomic E-state index is 6.98. The lowest BCUT2D eigenvalue weighted by molar-refractivity contribution is -0.268. The number of ether oxygens (including phenoxy) is 5. The van der Waals surface area contributed by atoms with E-state index in [0.717, 1.165) is 70.0 Å². The van der Waals surface area contributed by atoms with Crippen LogP contribution in [-0.2, 0) is 30.1 Å². The van der Waals surface area contributed by atoms with Gasteiger partial charge in [-0.25, -0.2) is 0 Å². The summed E-state index contributed by atoms with van der Waals surface area (Å²) in [5, 5.41) is 1.31. The molecule has 0 saturated carbocycles. The molecule has 4 rings (SSSR count). The summed E-state index contributed by atoms with van der Waals surface area (Å²) in [7, 11) is 0. The number of hydrogen-bond donors (Lipinski definition) is 0. The highest BCUT2D eigenvalue weighted by molar-refractivity contribution is 7.19. The third kappa shape index (κ3) is 10.1. The van der Waals surface area contributed by atoms with E-state index in [4.69, 9.17) is 23.7 Å². The Labute approximate surface area is 264 Å². The number of benzene rings is 2. The second-order valence-electron chi connectivity index (χ2n) is 11.8. The Balaban J connectivity index is 1.64. The minimum atomic E-state index is -0.267. The molecule has 6 heteroatoms. The van der Waals surface area contributed by atoms with Crippen molar-refractivity contribution in [2.75, 3.05) is 33.0 Å². The molecule has 5 atom stereocenters. The lowest BCUT2D eigenvalue weighted by Gasteiger charge is -2.46. The van der Waals surface area contributed by atoms with E-state index in [1.807, 2.05) is 11.3 Å². The van der Waals surface area contributed by atoms with Gasteiger partial charge in [-0.05, 0) is 54.3 Å². The smallest absolute Gasteiger partial charge is 0.117 e. The molecule has 0 radical (unpaired) electrons. The molecule has 2 aromatic carbocycles. The van der Waals surface area contributed by atoms with Crippen molar-refractivity contribution < 1.29 is 23.7 Å². The molecule has 1 aliphatic heterocycles. The molecule has 0 amide bonds. The third-order valence-electron chi connectivity index (χ3n) is 8.12. The van der Waals surface area contributed by atoms with Crippen LogP contribution in [0.3, 0.4) is 0 Å². The van der Waals surface area contributed by atoms with E-state index in [0.29, 0.717) is 26.4 Å². The van der Waals surface area contributed by atoms with Crippen LogP contribution >= 0.6 is 11.3 Å². The lowest BCUT2D eigenvalue weighted by atomic mass is 9.89. The monoisotopic (exact) mass is 610 g/mol. The summed E-state index contributed by atoms with van der Waals surface area (Å²) in [6.45, 7) is 12.0. The summed E-state index contributed by atoms with van der Waals surface area (Å²) in [5.41, 5.74) is 2.41. The molecule has 0 spiro atoms. The van der Waals surface area contributed by atoms with Crippen LogP contribution < -0.4 is 0 Å². The number of hydrogen-bond acceptors (Lipinski definition) is 6. The predicted octanol–water partition coefficient (Wildman–Crippen LogP) is 9.30. The Morgan fingerprint density at radius 1 is 0.674 bits per heavy atom. The minimum Gasteiger partial charge on any atom is -0.379 e. The van der Waals surface area contributed by atoms with Crippen LogP contribution in [0.5, 0.6) is 0 Å². The molecule has 0 bridgehead atoms. The fourth-order valence-electron chi connectivity index (χ4n) is 5.63. The van der Waals surface area contributed by atoms with E-state index in [1.165, 1.54) is 20.5 Å². The molecule has 1 aromatic heterocycles. The van der Waals surface area contributed by atoms with Gasteiger partial charge in [0.1, 0.15) is 30.5 Å². The van der Waals surface area contributed by atoms with Crippen LogP contribution in [0, 0.1) is 0 Å². The second kappa shape index (κ2) is 18.9. The summed E-state index contributed by atoms with van der Waals surface area (Å²) in [6, 6.07) is 19.8. The molecule has 2 heterocycles. The molecule has 0 unspecified atom stereocenters. The van der Waals surface area contributed by atoms with Gasteiger partial charge in [-0.1, -0.05) is 95.8 Å². The molecular weight excluding hydrogens is 556 g/mol. The van der Waals surface area contributed by atoms with Crippen molar-refractivity contribution >= 4 is 21.4 Å². The lowest BCUT2D eigenvalue weighted by Crippen LogP contribution is -2.58. The topological polar surface area (TPSA) is 46.2 Å². The molecule has 238 valence electrons. The SMILES string of the molecule is CCCCOC[C@H]1O[C@@H](c2cccc(Cc3cc4ccccc4s3)c2)[C@H](OCCCC)[C@@H](OCCCC)[C@@H]1OCCCC. The maximum atomic E-state index is 6.98. The van der Waals surface area contributed by atoms with Gasteiger partial charge in [-0.15, -0.1) is 11.3 Å². The molecule has 0 aliphatic carbocycles. The fourth-order valence-corrected chi connectivity index (χ4v) is 6.73. The van der Waals surface area contributed by atoms with E-state index in [1.54, 1.807) is 0 Å². The van der Waals surface area contributed by atoms with E-state index in [2.05, 4.69) is 82.3 Å². The Bertz CT molecular complexity index is 1150. The zero-order valence-electron chi connectivity index (χ0n) is 26.9. The molecular formula is C37H54O5S. The summed E-state index contributed by atoms with van der Waals surface area (Å²) in [6.07, 6.45) is 8.06. The van der Waals surface area contributed by atoms with Gasteiger partial charge in [0.15, 0.2) is 0 Å². The van der Waals surface area contributed by atoms with Gasteiger partial charge in [0, 0.05) is 42.4 Å². The first-order valence-corrected chi connectivity index (χ1v) is 17.6. The largest absolute Gasteiger partial charge is 0.379 e. The first-order chi connectivity index (χ1) is 21.2. The normalized spacial score (nSPS) is 22.4. The highest BCUT2D eigenvalue weighted by Gasteiger charge is 2.48. The Hall–Kier alpha value is -1.80. The molecule has 3 aromatic rings. The summed E-state index contributed by atoms with van der Waals surface area (Å²) in [4.78, 5) is 1.37. The van der Waals surface area contributed by atoms with Gasteiger partial charge in [0.2, 0.25) is 0 Å². The Kier molecular flexibility index (Phi) is 15.0. The van der Waals surface area contributed by atoms with Crippen molar-refractivity contribution in [2.24, 2.45) is 0 Å². The highest BCUT2D eigenvalue weighted by Crippen LogP contribution is 2.38. The van der Waals surface area contributed by atoms with Crippen LogP contribution in [0.15, 0.2) is 54.6 Å². The number of rotatable bonds is 20. The number of fused-ring (bicyclic) bond motifs is 1. The van der Waals surface area contributed by atoms with Crippen molar-refractivity contribution in [1.29, 1.82) is 0 Å². The van der Waals surface area contributed by atoms with Gasteiger partial charge in [-0.2, -0.15) is 0 Å². The van der Waals surface area contributed by atoms with Crippen molar-refractivity contribution in [3.05, 3.63) is 70.6 Å². The van der Waals surface area contributed by atoms with Crippen molar-refractivity contribution in [3.8, 4) is 0 Å². The third-order valence-corrected chi connectivity index (χ3v) is 9.23. The van der Waals surface area contributed by atoms with Crippen LogP contribution in [0.4, 0.5) is 0 Å². The van der Waals surface area contributed by atoms with Gasteiger partial charge >= 0.3 is 0 Å².